The van der Waals surface area contributed by atoms with Crippen LogP contribution < -0.4 is 5.56 Å². The first-order chi connectivity index (χ1) is 7.33. The quantitative estimate of drug-likeness (QED) is 0.799. The lowest BCUT2D eigenvalue weighted by Gasteiger charge is -2.04. The van der Waals surface area contributed by atoms with Crippen molar-refractivity contribution in [3.8, 4) is 0 Å². The largest absolute Gasteiger partial charge is 0.299 e. The lowest BCUT2D eigenvalue weighted by Crippen LogP contribution is -2.20. The first-order valence-corrected chi connectivity index (χ1v) is 5.51. The summed E-state index contributed by atoms with van der Waals surface area (Å²) in [6.07, 6.45) is 2.48. The number of hydrogen-bond donors (Lipinski definition) is 1. The molecule has 4 heteroatoms. The second-order valence-corrected chi connectivity index (χ2v) is 3.78. The van der Waals surface area contributed by atoms with E-state index in [9.17, 15) is 4.79 Å². The van der Waals surface area contributed by atoms with Gasteiger partial charge in [0, 0.05) is 6.54 Å². The van der Waals surface area contributed by atoms with Gasteiger partial charge < -0.3 is 0 Å². The van der Waals surface area contributed by atoms with Crippen LogP contribution in [0.2, 0.25) is 0 Å². The van der Waals surface area contributed by atoms with E-state index in [0.717, 1.165) is 17.7 Å². The fraction of sp³-hybridized carbons (Fsp3) is 0.273. The zero-order valence-corrected chi connectivity index (χ0v) is 9.15. The molecule has 0 radical (unpaired) electrons. The van der Waals surface area contributed by atoms with Gasteiger partial charge in [-0.25, -0.2) is 4.98 Å². The third kappa shape index (κ3) is 2.04. The Morgan fingerprint density at radius 1 is 1.33 bits per heavy atom. The van der Waals surface area contributed by atoms with Gasteiger partial charge in [-0.05, 0) is 24.3 Å². The summed E-state index contributed by atoms with van der Waals surface area (Å²) < 4.78 is 1.64. The SMILES string of the molecule is O=c1c2ccccc2ncn1CCCS. The average Bonchev–Trinajstić information content (AvgIpc) is 2.29. The van der Waals surface area contributed by atoms with E-state index < -0.39 is 0 Å². The number of fused-ring (bicyclic) bond motifs is 1. The number of nitrogens with zero attached hydrogens (tertiary/aromatic N) is 2. The Kier molecular flexibility index (Phi) is 3.06. The van der Waals surface area contributed by atoms with Gasteiger partial charge in [0.1, 0.15) is 0 Å². The van der Waals surface area contributed by atoms with Crippen LogP contribution in [0.3, 0.4) is 0 Å². The van der Waals surface area contributed by atoms with Gasteiger partial charge in [0.2, 0.25) is 0 Å². The molecule has 0 unspecified atom stereocenters. The molecule has 0 aliphatic carbocycles. The molecule has 0 aliphatic rings. The Balaban J connectivity index is 2.51. The molecule has 2 aromatic rings. The van der Waals surface area contributed by atoms with Crippen LogP contribution >= 0.6 is 12.6 Å². The van der Waals surface area contributed by atoms with Gasteiger partial charge in [-0.2, -0.15) is 12.6 Å². The standard InChI is InChI=1S/C11H12N2OS/c14-11-9-4-1-2-5-10(9)12-8-13(11)6-3-7-15/h1-2,4-5,8,15H,3,6-7H2. The maximum atomic E-state index is 11.9. The van der Waals surface area contributed by atoms with Crippen molar-refractivity contribution in [3.63, 3.8) is 0 Å². The van der Waals surface area contributed by atoms with Gasteiger partial charge in [0.05, 0.1) is 17.2 Å². The van der Waals surface area contributed by atoms with Gasteiger partial charge in [-0.1, -0.05) is 12.1 Å². The Bertz CT molecular complexity index is 521. The van der Waals surface area contributed by atoms with E-state index in [0.29, 0.717) is 11.9 Å². The molecular weight excluding hydrogens is 208 g/mol. The second kappa shape index (κ2) is 4.49. The van der Waals surface area contributed by atoms with Crippen molar-refractivity contribution in [1.82, 2.24) is 9.55 Å². The van der Waals surface area contributed by atoms with Gasteiger partial charge in [-0.3, -0.25) is 9.36 Å². The van der Waals surface area contributed by atoms with Crippen molar-refractivity contribution in [3.05, 3.63) is 40.9 Å². The van der Waals surface area contributed by atoms with Crippen LogP contribution in [0.4, 0.5) is 0 Å². The summed E-state index contributed by atoms with van der Waals surface area (Å²) >= 11 is 4.12. The minimum atomic E-state index is 0.0300. The lowest BCUT2D eigenvalue weighted by molar-refractivity contribution is 0.653. The molecule has 0 aliphatic heterocycles. The van der Waals surface area contributed by atoms with Crippen LogP contribution in [0.15, 0.2) is 35.4 Å². The van der Waals surface area contributed by atoms with Crippen molar-refractivity contribution in [2.75, 3.05) is 5.75 Å². The van der Waals surface area contributed by atoms with Crippen molar-refractivity contribution < 1.29 is 0 Å². The number of hydrogen-bond acceptors (Lipinski definition) is 3. The van der Waals surface area contributed by atoms with Crippen LogP contribution in [0.25, 0.3) is 10.9 Å². The average molecular weight is 220 g/mol. The van der Waals surface area contributed by atoms with E-state index >= 15 is 0 Å². The van der Waals surface area contributed by atoms with Crippen LogP contribution in [-0.4, -0.2) is 15.3 Å². The smallest absolute Gasteiger partial charge is 0.261 e. The summed E-state index contributed by atoms with van der Waals surface area (Å²) in [5.41, 5.74) is 0.784. The van der Waals surface area contributed by atoms with Crippen molar-refractivity contribution >= 4 is 23.5 Å². The number of rotatable bonds is 3. The third-order valence-electron chi connectivity index (χ3n) is 2.29. The number of aromatic nitrogens is 2. The number of thiol groups is 1. The molecule has 15 heavy (non-hydrogen) atoms. The zero-order chi connectivity index (χ0) is 10.7. The summed E-state index contributed by atoms with van der Waals surface area (Å²) in [4.78, 5) is 16.2. The Morgan fingerprint density at radius 3 is 2.93 bits per heavy atom. The molecule has 0 bridgehead atoms. The molecule has 1 aromatic carbocycles. The number of benzene rings is 1. The Hall–Kier alpha value is -1.29. The highest BCUT2D eigenvalue weighted by molar-refractivity contribution is 7.80. The summed E-state index contributed by atoms with van der Waals surface area (Å²) in [5.74, 6) is 0.777. The van der Waals surface area contributed by atoms with Gasteiger partial charge in [-0.15, -0.1) is 0 Å². The molecule has 1 heterocycles. The molecule has 0 N–H and O–H groups in total. The Morgan fingerprint density at radius 2 is 2.13 bits per heavy atom. The molecule has 78 valence electrons. The first-order valence-electron chi connectivity index (χ1n) is 4.88. The van der Waals surface area contributed by atoms with Crippen LogP contribution in [-0.2, 0) is 6.54 Å². The molecule has 1 aromatic heterocycles. The Labute approximate surface area is 93.2 Å². The molecule has 0 saturated heterocycles. The number of para-hydroxylation sites is 1. The van der Waals surface area contributed by atoms with Crippen LogP contribution in [0.1, 0.15) is 6.42 Å². The predicted molar refractivity (Wildman–Crippen MR) is 64.5 cm³/mol. The highest BCUT2D eigenvalue weighted by Crippen LogP contribution is 2.04. The number of aryl methyl sites for hydroxylation is 1. The van der Waals surface area contributed by atoms with Crippen LogP contribution in [0, 0.1) is 0 Å². The topological polar surface area (TPSA) is 34.9 Å². The fourth-order valence-electron chi connectivity index (χ4n) is 1.51. The molecule has 0 spiro atoms. The van der Waals surface area contributed by atoms with Crippen molar-refractivity contribution in [1.29, 1.82) is 0 Å². The van der Waals surface area contributed by atoms with Crippen molar-refractivity contribution in [2.24, 2.45) is 0 Å². The third-order valence-corrected chi connectivity index (χ3v) is 2.60. The molecular formula is C11H12N2OS. The van der Waals surface area contributed by atoms with E-state index in [1.807, 2.05) is 24.3 Å². The maximum Gasteiger partial charge on any atom is 0.261 e. The highest BCUT2D eigenvalue weighted by atomic mass is 32.1. The van der Waals surface area contributed by atoms with Gasteiger partial charge >= 0.3 is 0 Å². The van der Waals surface area contributed by atoms with E-state index in [1.165, 1.54) is 0 Å². The first kappa shape index (κ1) is 10.2. The molecule has 3 nitrogen and oxygen atoms in total. The van der Waals surface area contributed by atoms with Crippen molar-refractivity contribution in [2.45, 2.75) is 13.0 Å². The molecule has 0 saturated carbocycles. The van der Waals surface area contributed by atoms with E-state index in [-0.39, 0.29) is 5.56 Å². The van der Waals surface area contributed by atoms with Gasteiger partial charge in [0.25, 0.3) is 5.56 Å². The summed E-state index contributed by atoms with van der Waals surface area (Å²) in [6.45, 7) is 0.681. The normalized spacial score (nSPS) is 10.7. The van der Waals surface area contributed by atoms with E-state index in [4.69, 9.17) is 0 Å². The lowest BCUT2D eigenvalue weighted by atomic mass is 10.2. The maximum absolute atomic E-state index is 11.9. The minimum Gasteiger partial charge on any atom is -0.299 e. The fourth-order valence-corrected chi connectivity index (χ4v) is 1.65. The predicted octanol–water partition coefficient (Wildman–Crippen LogP) is 1.72. The van der Waals surface area contributed by atoms with Crippen LogP contribution in [0.5, 0.6) is 0 Å². The summed E-state index contributed by atoms with van der Waals surface area (Å²) in [6, 6.07) is 7.39. The second-order valence-electron chi connectivity index (χ2n) is 3.34. The molecule has 0 fully saturated rings. The van der Waals surface area contributed by atoms with E-state index in [2.05, 4.69) is 17.6 Å². The molecule has 0 atom stereocenters. The van der Waals surface area contributed by atoms with Gasteiger partial charge in [0.15, 0.2) is 0 Å². The summed E-state index contributed by atoms with van der Waals surface area (Å²) in [7, 11) is 0. The monoisotopic (exact) mass is 220 g/mol. The molecule has 2 rings (SSSR count). The highest BCUT2D eigenvalue weighted by Gasteiger charge is 2.01. The van der Waals surface area contributed by atoms with E-state index in [1.54, 1.807) is 10.9 Å². The molecule has 0 amide bonds. The summed E-state index contributed by atoms with van der Waals surface area (Å²) in [5, 5.41) is 0.680. The zero-order valence-electron chi connectivity index (χ0n) is 8.26. The minimum absolute atomic E-state index is 0.0300.